The van der Waals surface area contributed by atoms with E-state index >= 15 is 0 Å². The van der Waals surface area contributed by atoms with Crippen LogP contribution in [0.1, 0.15) is 34.6 Å². The van der Waals surface area contributed by atoms with E-state index in [1.807, 2.05) is 0 Å². The number of Topliss-reactive ketones (excluding diaryl/α,β-unsaturated/α-hetero) is 1. The number of hydrogen-bond acceptors (Lipinski definition) is 4. The van der Waals surface area contributed by atoms with Crippen LogP contribution < -0.4 is 5.48 Å². The van der Waals surface area contributed by atoms with Crippen molar-refractivity contribution in [1.82, 2.24) is 5.48 Å². The average Bonchev–Trinajstić information content (AvgIpc) is 1.97. The van der Waals surface area contributed by atoms with Gasteiger partial charge in [0.25, 0.3) is 0 Å². The fraction of sp³-hybridized carbons (Fsp3) is 0.778. The van der Waals surface area contributed by atoms with E-state index < -0.39 is 11.5 Å². The van der Waals surface area contributed by atoms with Crippen LogP contribution in [0.15, 0.2) is 0 Å². The number of hydrogen-bond donors (Lipinski definition) is 1. The Balaban J connectivity index is 3.91. The molecule has 0 rings (SSSR count). The standard InChI is InChI=1S/C9H17NO3/c1-6(7(2)11)10-13-8(12)9(3,4)5/h6,10H,1-5H3/t6-/m1/s1. The molecule has 0 saturated carbocycles. The molecule has 76 valence electrons. The summed E-state index contributed by atoms with van der Waals surface area (Å²) in [6.07, 6.45) is 0. The molecule has 4 heteroatoms. The van der Waals surface area contributed by atoms with Crippen LogP contribution in [0, 0.1) is 5.41 Å². The molecule has 13 heavy (non-hydrogen) atoms. The van der Waals surface area contributed by atoms with Crippen molar-refractivity contribution >= 4 is 11.8 Å². The Morgan fingerprint density at radius 2 is 1.77 bits per heavy atom. The number of hydroxylamine groups is 1. The van der Waals surface area contributed by atoms with E-state index in [0.29, 0.717) is 0 Å². The Kier molecular flexibility index (Phi) is 4.07. The van der Waals surface area contributed by atoms with Crippen molar-refractivity contribution in [3.63, 3.8) is 0 Å². The molecule has 0 fully saturated rings. The fourth-order valence-corrected chi connectivity index (χ4v) is 0.378. The zero-order chi connectivity index (χ0) is 10.6. The van der Waals surface area contributed by atoms with Crippen molar-refractivity contribution in [2.45, 2.75) is 40.7 Å². The Morgan fingerprint density at radius 3 is 2.08 bits per heavy atom. The van der Waals surface area contributed by atoms with Gasteiger partial charge < -0.3 is 4.84 Å². The van der Waals surface area contributed by atoms with Crippen molar-refractivity contribution in [3.05, 3.63) is 0 Å². The van der Waals surface area contributed by atoms with E-state index in [1.54, 1.807) is 27.7 Å². The summed E-state index contributed by atoms with van der Waals surface area (Å²) < 4.78 is 0. The maximum absolute atomic E-state index is 11.2. The van der Waals surface area contributed by atoms with Gasteiger partial charge in [0.05, 0.1) is 11.5 Å². The summed E-state index contributed by atoms with van der Waals surface area (Å²) >= 11 is 0. The van der Waals surface area contributed by atoms with Gasteiger partial charge in [-0.05, 0) is 34.6 Å². The molecule has 0 aromatic heterocycles. The van der Waals surface area contributed by atoms with Gasteiger partial charge in [0.2, 0.25) is 0 Å². The highest BCUT2D eigenvalue weighted by Gasteiger charge is 2.24. The van der Waals surface area contributed by atoms with E-state index in [1.165, 1.54) is 6.92 Å². The predicted octanol–water partition coefficient (Wildman–Crippen LogP) is 1.06. The lowest BCUT2D eigenvalue weighted by atomic mass is 9.98. The summed E-state index contributed by atoms with van der Waals surface area (Å²) in [5.74, 6) is -0.442. The minimum absolute atomic E-state index is 0.0679. The summed E-state index contributed by atoms with van der Waals surface area (Å²) in [6, 6.07) is -0.453. The minimum Gasteiger partial charge on any atom is -0.369 e. The van der Waals surface area contributed by atoms with Crippen molar-refractivity contribution in [2.75, 3.05) is 0 Å². The van der Waals surface area contributed by atoms with Gasteiger partial charge in [-0.25, -0.2) is 4.79 Å². The van der Waals surface area contributed by atoms with Gasteiger partial charge in [-0.1, -0.05) is 0 Å². The molecule has 0 aliphatic carbocycles. The number of ketones is 1. The summed E-state index contributed by atoms with van der Waals surface area (Å²) in [5.41, 5.74) is 1.84. The van der Waals surface area contributed by atoms with Gasteiger partial charge >= 0.3 is 5.97 Å². The van der Waals surface area contributed by atoms with Gasteiger partial charge in [0.1, 0.15) is 5.78 Å². The molecule has 4 nitrogen and oxygen atoms in total. The smallest absolute Gasteiger partial charge is 0.330 e. The van der Waals surface area contributed by atoms with E-state index in [-0.39, 0.29) is 11.8 Å². The molecule has 0 aromatic carbocycles. The fourth-order valence-electron chi connectivity index (χ4n) is 0.378. The lowest BCUT2D eigenvalue weighted by molar-refractivity contribution is -0.163. The minimum atomic E-state index is -0.552. The van der Waals surface area contributed by atoms with Crippen molar-refractivity contribution < 1.29 is 14.4 Å². The number of rotatable bonds is 3. The molecule has 0 radical (unpaired) electrons. The van der Waals surface area contributed by atoms with Gasteiger partial charge in [0.15, 0.2) is 0 Å². The summed E-state index contributed by atoms with van der Waals surface area (Å²) in [4.78, 5) is 26.7. The molecule has 0 amide bonds. The van der Waals surface area contributed by atoms with E-state index in [4.69, 9.17) is 4.84 Å². The van der Waals surface area contributed by atoms with E-state index in [9.17, 15) is 9.59 Å². The molecular formula is C9H17NO3. The number of carbonyl (C=O) groups is 2. The van der Waals surface area contributed by atoms with Crippen LogP contribution in [0.5, 0.6) is 0 Å². The van der Waals surface area contributed by atoms with Gasteiger partial charge in [-0.2, -0.15) is 0 Å². The molecule has 0 unspecified atom stereocenters. The summed E-state index contributed by atoms with van der Waals surface area (Å²) in [7, 11) is 0. The number of nitrogens with one attached hydrogen (secondary N) is 1. The second-order valence-corrected chi connectivity index (χ2v) is 4.09. The van der Waals surface area contributed by atoms with Crippen LogP contribution in [0.3, 0.4) is 0 Å². The van der Waals surface area contributed by atoms with Gasteiger partial charge in [-0.3, -0.25) is 4.79 Å². The van der Waals surface area contributed by atoms with E-state index in [2.05, 4.69) is 5.48 Å². The molecular weight excluding hydrogens is 170 g/mol. The Bertz CT molecular complexity index is 205. The second kappa shape index (κ2) is 4.37. The third-order valence-corrected chi connectivity index (χ3v) is 1.55. The first-order chi connectivity index (χ1) is 5.75. The zero-order valence-electron chi connectivity index (χ0n) is 8.80. The van der Waals surface area contributed by atoms with Crippen LogP contribution in [-0.4, -0.2) is 17.8 Å². The normalized spacial score (nSPS) is 13.6. The zero-order valence-corrected chi connectivity index (χ0v) is 8.80. The first-order valence-electron chi connectivity index (χ1n) is 4.22. The second-order valence-electron chi connectivity index (χ2n) is 4.09. The highest BCUT2D eigenvalue weighted by molar-refractivity contribution is 5.81. The quantitative estimate of drug-likeness (QED) is 0.671. The van der Waals surface area contributed by atoms with Gasteiger partial charge in [0, 0.05) is 0 Å². The molecule has 0 heterocycles. The third-order valence-electron chi connectivity index (χ3n) is 1.55. The Labute approximate surface area is 78.6 Å². The average molecular weight is 187 g/mol. The molecule has 1 N–H and O–H groups in total. The van der Waals surface area contributed by atoms with Crippen molar-refractivity contribution in [1.29, 1.82) is 0 Å². The molecule has 0 spiro atoms. The summed E-state index contributed by atoms with van der Waals surface area (Å²) in [6.45, 7) is 8.31. The van der Waals surface area contributed by atoms with Crippen molar-refractivity contribution in [3.8, 4) is 0 Å². The molecule has 0 aromatic rings. The Hall–Kier alpha value is -0.900. The molecule has 0 bridgehead atoms. The van der Waals surface area contributed by atoms with Crippen LogP contribution in [0.2, 0.25) is 0 Å². The predicted molar refractivity (Wildman–Crippen MR) is 48.8 cm³/mol. The van der Waals surface area contributed by atoms with E-state index in [0.717, 1.165) is 0 Å². The third kappa shape index (κ3) is 4.62. The molecule has 0 aliphatic rings. The lowest BCUT2D eigenvalue weighted by Crippen LogP contribution is -2.37. The SMILES string of the molecule is CC(=O)[C@@H](C)NOC(=O)C(C)(C)C. The maximum atomic E-state index is 11.2. The molecule has 0 saturated heterocycles. The lowest BCUT2D eigenvalue weighted by Gasteiger charge is -2.18. The largest absolute Gasteiger partial charge is 0.369 e. The first-order valence-corrected chi connectivity index (χ1v) is 4.22. The Morgan fingerprint density at radius 1 is 1.31 bits per heavy atom. The molecule has 1 atom stereocenters. The highest BCUT2D eigenvalue weighted by Crippen LogP contribution is 2.14. The van der Waals surface area contributed by atoms with Crippen LogP contribution in [-0.2, 0) is 14.4 Å². The maximum Gasteiger partial charge on any atom is 0.330 e. The van der Waals surface area contributed by atoms with Crippen LogP contribution in [0.25, 0.3) is 0 Å². The molecule has 0 aliphatic heterocycles. The summed E-state index contributed by atoms with van der Waals surface area (Å²) in [5, 5.41) is 0. The monoisotopic (exact) mass is 187 g/mol. The topological polar surface area (TPSA) is 55.4 Å². The first kappa shape index (κ1) is 12.1. The van der Waals surface area contributed by atoms with Gasteiger partial charge in [-0.15, -0.1) is 5.48 Å². The van der Waals surface area contributed by atoms with Crippen molar-refractivity contribution in [2.24, 2.45) is 5.41 Å². The van der Waals surface area contributed by atoms with Crippen LogP contribution in [0.4, 0.5) is 0 Å². The number of carbonyl (C=O) groups excluding carboxylic acids is 2. The highest BCUT2D eigenvalue weighted by atomic mass is 16.7. The van der Waals surface area contributed by atoms with Crippen LogP contribution >= 0.6 is 0 Å².